The van der Waals surface area contributed by atoms with E-state index in [0.29, 0.717) is 22.9 Å². The van der Waals surface area contributed by atoms with E-state index in [2.05, 4.69) is 37.9 Å². The molecule has 1 aromatic carbocycles. The number of nitrogens with two attached hydrogens (primary N) is 1. The summed E-state index contributed by atoms with van der Waals surface area (Å²) in [4.78, 5) is 19.0. The Labute approximate surface area is 149 Å². The van der Waals surface area contributed by atoms with E-state index in [1.165, 1.54) is 48.9 Å². The highest BCUT2D eigenvalue weighted by Gasteiger charge is 2.27. The molecule has 0 unspecified atom stereocenters. The van der Waals surface area contributed by atoms with E-state index in [1.54, 1.807) is 0 Å². The van der Waals surface area contributed by atoms with Gasteiger partial charge < -0.3 is 10.7 Å². The van der Waals surface area contributed by atoms with E-state index in [1.807, 2.05) is 6.07 Å². The predicted molar refractivity (Wildman–Crippen MR) is 99.2 cm³/mol. The molecule has 3 heterocycles. The van der Waals surface area contributed by atoms with Crippen LogP contribution in [-0.2, 0) is 6.42 Å². The van der Waals surface area contributed by atoms with Gasteiger partial charge in [-0.25, -0.2) is 19.3 Å². The number of pyridine rings is 1. The number of benzene rings is 1. The summed E-state index contributed by atoms with van der Waals surface area (Å²) in [5, 5.41) is 1.04. The Hall–Kier alpha value is -3.09. The van der Waals surface area contributed by atoms with Crippen LogP contribution in [0.3, 0.4) is 0 Å². The fourth-order valence-corrected chi connectivity index (χ4v) is 2.98. The van der Waals surface area contributed by atoms with Gasteiger partial charge in [0.2, 0.25) is 0 Å². The van der Waals surface area contributed by atoms with Gasteiger partial charge in [0.1, 0.15) is 17.7 Å². The van der Waals surface area contributed by atoms with Crippen molar-refractivity contribution in [2.75, 3.05) is 5.73 Å². The van der Waals surface area contributed by atoms with Crippen molar-refractivity contribution >= 4 is 27.9 Å². The summed E-state index contributed by atoms with van der Waals surface area (Å²) >= 11 is 0. The van der Waals surface area contributed by atoms with Crippen LogP contribution < -0.4 is 5.73 Å². The predicted octanol–water partition coefficient (Wildman–Crippen LogP) is 3.75. The number of hydrogen-bond donors (Lipinski definition) is 2. The van der Waals surface area contributed by atoms with Crippen LogP contribution in [-0.4, -0.2) is 24.9 Å². The first-order valence-electron chi connectivity index (χ1n) is 8.64. The molecule has 4 aromatic rings. The molecular formula is C19H19FN6. The van der Waals surface area contributed by atoms with Crippen molar-refractivity contribution in [3.8, 4) is 0 Å². The number of H-pyrrole nitrogens is 1. The highest BCUT2D eigenvalue weighted by atomic mass is 19.1. The molecule has 0 bridgehead atoms. The second-order valence-electron chi connectivity index (χ2n) is 6.36. The number of nitrogen functional groups attached to an aromatic ring is 1. The van der Waals surface area contributed by atoms with Gasteiger partial charge in [-0.3, -0.25) is 4.98 Å². The molecule has 0 saturated heterocycles. The molecular weight excluding hydrogens is 331 g/mol. The minimum Gasteiger partial charge on any atom is -0.382 e. The monoisotopic (exact) mass is 350 g/mol. The largest absolute Gasteiger partial charge is 0.382 e. The number of halogens is 1. The maximum atomic E-state index is 13.1. The van der Waals surface area contributed by atoms with Crippen molar-refractivity contribution < 1.29 is 4.39 Å². The molecule has 0 atom stereocenters. The van der Waals surface area contributed by atoms with Crippen LogP contribution in [0.2, 0.25) is 0 Å². The summed E-state index contributed by atoms with van der Waals surface area (Å²) in [6.45, 7) is 2.15. The molecule has 0 aliphatic heterocycles. The molecule has 0 amide bonds. The quantitative estimate of drug-likeness (QED) is 0.574. The summed E-state index contributed by atoms with van der Waals surface area (Å²) in [5.41, 5.74) is 10.1. The van der Waals surface area contributed by atoms with Crippen molar-refractivity contribution in [3.05, 3.63) is 54.0 Å². The maximum absolute atomic E-state index is 13.1. The molecule has 1 saturated carbocycles. The molecule has 5 rings (SSSR count). The number of rotatable bonds is 2. The van der Waals surface area contributed by atoms with E-state index in [0.717, 1.165) is 17.3 Å². The van der Waals surface area contributed by atoms with Gasteiger partial charge in [0.05, 0.1) is 11.8 Å². The first kappa shape index (κ1) is 16.4. The maximum Gasteiger partial charge on any atom is 0.182 e. The third-order valence-corrected chi connectivity index (χ3v) is 4.49. The minimum absolute atomic E-state index is 0.203. The highest BCUT2D eigenvalue weighted by molar-refractivity contribution is 5.80. The lowest BCUT2D eigenvalue weighted by atomic mass is 10.0. The van der Waals surface area contributed by atoms with Crippen molar-refractivity contribution in [1.82, 2.24) is 24.9 Å². The second-order valence-corrected chi connectivity index (χ2v) is 6.36. The minimum atomic E-state index is -0.203. The molecule has 6 nitrogen and oxygen atoms in total. The number of aromatic amines is 1. The van der Waals surface area contributed by atoms with Gasteiger partial charge in [-0.15, -0.1) is 0 Å². The number of aromatic nitrogens is 5. The molecule has 1 aliphatic carbocycles. The van der Waals surface area contributed by atoms with Gasteiger partial charge in [-0.1, -0.05) is 6.92 Å². The Morgan fingerprint density at radius 1 is 1.19 bits per heavy atom. The summed E-state index contributed by atoms with van der Waals surface area (Å²) < 4.78 is 13.1. The van der Waals surface area contributed by atoms with E-state index >= 15 is 0 Å². The zero-order valence-corrected chi connectivity index (χ0v) is 14.4. The van der Waals surface area contributed by atoms with Crippen LogP contribution in [0.5, 0.6) is 0 Å². The Kier molecular flexibility index (Phi) is 4.20. The zero-order valence-electron chi connectivity index (χ0n) is 14.4. The Morgan fingerprint density at radius 3 is 2.77 bits per heavy atom. The van der Waals surface area contributed by atoms with Gasteiger partial charge in [-0.2, -0.15) is 0 Å². The Balaban J connectivity index is 0.000000144. The number of nitrogens with zero attached hydrogens (tertiary/aromatic N) is 4. The lowest BCUT2D eigenvalue weighted by molar-refractivity contribution is 0.629. The van der Waals surface area contributed by atoms with Crippen LogP contribution in [0.15, 0.2) is 36.9 Å². The van der Waals surface area contributed by atoms with Crippen LogP contribution in [0.25, 0.3) is 22.1 Å². The average Bonchev–Trinajstić information content (AvgIpc) is 3.38. The van der Waals surface area contributed by atoms with E-state index in [9.17, 15) is 4.39 Å². The fraction of sp³-hybridized carbons (Fsp3) is 0.263. The van der Waals surface area contributed by atoms with Crippen molar-refractivity contribution in [1.29, 1.82) is 0 Å². The average molecular weight is 350 g/mol. The molecule has 3 aromatic heterocycles. The number of nitrogens with one attached hydrogen (secondary N) is 1. The first-order chi connectivity index (χ1) is 12.7. The fourth-order valence-electron chi connectivity index (χ4n) is 2.98. The molecule has 26 heavy (non-hydrogen) atoms. The van der Waals surface area contributed by atoms with Crippen LogP contribution in [0, 0.1) is 5.82 Å². The second kappa shape index (κ2) is 6.67. The van der Waals surface area contributed by atoms with Crippen LogP contribution in [0.4, 0.5) is 10.2 Å². The highest BCUT2D eigenvalue weighted by Crippen LogP contribution is 2.41. The summed E-state index contributed by atoms with van der Waals surface area (Å²) in [6.07, 6.45) is 6.40. The van der Waals surface area contributed by atoms with E-state index < -0.39 is 0 Å². The van der Waals surface area contributed by atoms with Crippen molar-refractivity contribution in [2.24, 2.45) is 0 Å². The van der Waals surface area contributed by atoms with E-state index in [-0.39, 0.29) is 5.82 Å². The van der Waals surface area contributed by atoms with Gasteiger partial charge in [0.15, 0.2) is 11.5 Å². The first-order valence-corrected chi connectivity index (χ1v) is 8.64. The van der Waals surface area contributed by atoms with Gasteiger partial charge in [0.25, 0.3) is 0 Å². The third-order valence-electron chi connectivity index (χ3n) is 4.49. The normalized spacial score (nSPS) is 13.6. The van der Waals surface area contributed by atoms with E-state index in [4.69, 9.17) is 5.73 Å². The standard InChI is InChI=1S/C14H14FN.C5H5N5/c1-2-9-7-11-5-6-12(15)8-13(11)16-14(9)10-3-4-10;6-4-3-5(9-1-7-3)10-2-8-4/h5-8,10H,2-4H2,1H3;1-2H,(H3,6,7,8,9,10). The molecule has 1 aliphatic rings. The smallest absolute Gasteiger partial charge is 0.182 e. The lowest BCUT2D eigenvalue weighted by Gasteiger charge is -2.08. The molecule has 3 N–H and O–H groups in total. The molecule has 1 fully saturated rings. The Morgan fingerprint density at radius 2 is 2.04 bits per heavy atom. The van der Waals surface area contributed by atoms with Crippen LogP contribution >= 0.6 is 0 Å². The van der Waals surface area contributed by atoms with Crippen molar-refractivity contribution in [3.63, 3.8) is 0 Å². The number of aryl methyl sites for hydroxylation is 1. The molecule has 0 radical (unpaired) electrons. The number of imidazole rings is 1. The third kappa shape index (κ3) is 3.20. The number of hydrogen-bond acceptors (Lipinski definition) is 5. The Bertz CT molecular complexity index is 1070. The van der Waals surface area contributed by atoms with Crippen molar-refractivity contribution in [2.45, 2.75) is 32.1 Å². The van der Waals surface area contributed by atoms with Crippen LogP contribution in [0.1, 0.15) is 36.9 Å². The molecule has 0 spiro atoms. The summed E-state index contributed by atoms with van der Waals surface area (Å²) in [7, 11) is 0. The number of anilines is 1. The molecule has 7 heteroatoms. The van der Waals surface area contributed by atoms with Gasteiger partial charge in [0, 0.05) is 23.1 Å². The topological polar surface area (TPSA) is 93.4 Å². The lowest BCUT2D eigenvalue weighted by Crippen LogP contribution is -1.96. The summed E-state index contributed by atoms with van der Waals surface area (Å²) in [5.74, 6) is 0.858. The number of fused-ring (bicyclic) bond motifs is 2. The van der Waals surface area contributed by atoms with Gasteiger partial charge >= 0.3 is 0 Å². The summed E-state index contributed by atoms with van der Waals surface area (Å²) in [6, 6.07) is 7.00. The molecule has 132 valence electrons. The SMILES string of the molecule is CCc1cc2ccc(F)cc2nc1C1CC1.Nc1ncnc2nc[nH]c12. The van der Waals surface area contributed by atoms with Gasteiger partial charge in [-0.05, 0) is 43.0 Å². The zero-order chi connectivity index (χ0) is 18.1.